The first kappa shape index (κ1) is 18.5. The van der Waals surface area contributed by atoms with Gasteiger partial charge in [0.05, 0.1) is 13.2 Å². The van der Waals surface area contributed by atoms with E-state index in [1.54, 1.807) is 24.3 Å². The first-order valence-corrected chi connectivity index (χ1v) is 8.09. The van der Waals surface area contributed by atoms with Crippen LogP contribution >= 0.6 is 0 Å². The minimum atomic E-state index is -0.261. The van der Waals surface area contributed by atoms with Gasteiger partial charge in [0.1, 0.15) is 0 Å². The Morgan fingerprint density at radius 2 is 1.76 bits per heavy atom. The molecule has 4 N–H and O–H groups in total. The van der Waals surface area contributed by atoms with Crippen molar-refractivity contribution in [2.75, 3.05) is 30.3 Å². The number of hydrogen-bond acceptors (Lipinski definition) is 4. The normalized spacial score (nSPS) is 10.2. The lowest BCUT2D eigenvalue weighted by molar-refractivity contribution is -0.114. The molecule has 132 valence electrons. The first-order chi connectivity index (χ1) is 12.0. The van der Waals surface area contributed by atoms with Crippen molar-refractivity contribution in [1.82, 2.24) is 5.32 Å². The van der Waals surface area contributed by atoms with Crippen molar-refractivity contribution in [3.8, 4) is 0 Å². The highest BCUT2D eigenvalue weighted by Gasteiger charge is 2.07. The summed E-state index contributed by atoms with van der Waals surface area (Å²) in [5, 5.41) is 17.2. The van der Waals surface area contributed by atoms with Crippen LogP contribution in [0.3, 0.4) is 0 Å². The molecule has 0 saturated heterocycles. The summed E-state index contributed by atoms with van der Waals surface area (Å²) in [6.45, 7) is 4.28. The zero-order valence-corrected chi connectivity index (χ0v) is 14.4. The van der Waals surface area contributed by atoms with Crippen LogP contribution in [0.4, 0.5) is 11.4 Å². The Morgan fingerprint density at radius 3 is 2.40 bits per heavy atom. The number of aliphatic hydroxyl groups excluding tert-OH is 1. The number of aryl methyl sites for hydroxylation is 2. The van der Waals surface area contributed by atoms with Crippen LogP contribution in [0.2, 0.25) is 0 Å². The van der Waals surface area contributed by atoms with Gasteiger partial charge in [-0.3, -0.25) is 9.59 Å². The molecule has 0 atom stereocenters. The van der Waals surface area contributed by atoms with Crippen LogP contribution in [0.5, 0.6) is 0 Å². The van der Waals surface area contributed by atoms with Crippen molar-refractivity contribution >= 4 is 23.2 Å². The van der Waals surface area contributed by atoms with Gasteiger partial charge in [-0.15, -0.1) is 0 Å². The molecule has 0 saturated carbocycles. The molecule has 2 rings (SSSR count). The van der Waals surface area contributed by atoms with Crippen LogP contribution < -0.4 is 16.0 Å². The predicted octanol–water partition coefficient (Wildman–Crippen LogP) is 2.08. The van der Waals surface area contributed by atoms with Crippen LogP contribution in [0, 0.1) is 13.8 Å². The summed E-state index contributed by atoms with van der Waals surface area (Å²) in [6, 6.07) is 12.6. The maximum absolute atomic E-state index is 12.0. The summed E-state index contributed by atoms with van der Waals surface area (Å²) in [4.78, 5) is 23.8. The van der Waals surface area contributed by atoms with E-state index in [9.17, 15) is 9.59 Å². The van der Waals surface area contributed by atoms with E-state index in [-0.39, 0.29) is 31.5 Å². The third-order valence-electron chi connectivity index (χ3n) is 3.65. The van der Waals surface area contributed by atoms with Gasteiger partial charge in [0.25, 0.3) is 5.91 Å². The van der Waals surface area contributed by atoms with Crippen LogP contribution in [-0.2, 0) is 4.79 Å². The van der Waals surface area contributed by atoms with Crippen LogP contribution in [-0.4, -0.2) is 36.6 Å². The highest BCUT2D eigenvalue weighted by molar-refractivity contribution is 5.96. The van der Waals surface area contributed by atoms with Crippen LogP contribution in [0.1, 0.15) is 21.5 Å². The maximum atomic E-state index is 12.0. The minimum Gasteiger partial charge on any atom is -0.395 e. The number of anilines is 2. The Morgan fingerprint density at radius 1 is 1.04 bits per heavy atom. The number of amides is 2. The van der Waals surface area contributed by atoms with E-state index in [1.807, 2.05) is 26.0 Å². The van der Waals surface area contributed by atoms with E-state index in [0.29, 0.717) is 11.3 Å². The second kappa shape index (κ2) is 8.84. The first-order valence-electron chi connectivity index (χ1n) is 8.09. The quantitative estimate of drug-likeness (QED) is 0.621. The van der Waals surface area contributed by atoms with Gasteiger partial charge in [0.2, 0.25) is 5.91 Å². The smallest absolute Gasteiger partial charge is 0.251 e. The molecule has 0 aliphatic carbocycles. The van der Waals surface area contributed by atoms with Gasteiger partial charge in [-0.1, -0.05) is 17.7 Å². The Balaban J connectivity index is 1.87. The highest BCUT2D eigenvalue weighted by Crippen LogP contribution is 2.16. The SMILES string of the molecule is Cc1ccc(NCC(=O)Nc2ccc(C(=O)NCCO)cc2)c(C)c1. The lowest BCUT2D eigenvalue weighted by Gasteiger charge is -2.11. The molecule has 6 heteroatoms. The van der Waals surface area contributed by atoms with Gasteiger partial charge < -0.3 is 21.1 Å². The van der Waals surface area contributed by atoms with Gasteiger partial charge in [0.15, 0.2) is 0 Å². The number of nitrogens with one attached hydrogen (secondary N) is 3. The fourth-order valence-electron chi connectivity index (χ4n) is 2.37. The molecular weight excluding hydrogens is 318 g/mol. The van der Waals surface area contributed by atoms with E-state index >= 15 is 0 Å². The number of carbonyl (C=O) groups excluding carboxylic acids is 2. The monoisotopic (exact) mass is 341 g/mol. The summed E-state index contributed by atoms with van der Waals surface area (Å²) in [7, 11) is 0. The topological polar surface area (TPSA) is 90.5 Å². The number of carbonyl (C=O) groups is 2. The molecule has 0 aromatic heterocycles. The summed E-state index contributed by atoms with van der Waals surface area (Å²) < 4.78 is 0. The summed E-state index contributed by atoms with van der Waals surface area (Å²) in [5.74, 6) is -0.430. The molecule has 0 fully saturated rings. The lowest BCUT2D eigenvalue weighted by atomic mass is 10.1. The van der Waals surface area contributed by atoms with Crippen molar-refractivity contribution < 1.29 is 14.7 Å². The average molecular weight is 341 g/mol. The fourth-order valence-corrected chi connectivity index (χ4v) is 2.37. The van der Waals surface area contributed by atoms with Gasteiger partial charge in [-0.25, -0.2) is 0 Å². The second-order valence-corrected chi connectivity index (χ2v) is 5.78. The van der Waals surface area contributed by atoms with Crippen molar-refractivity contribution in [2.24, 2.45) is 0 Å². The van der Waals surface area contributed by atoms with Crippen LogP contribution in [0.25, 0.3) is 0 Å². The molecule has 6 nitrogen and oxygen atoms in total. The molecule has 0 unspecified atom stereocenters. The third kappa shape index (κ3) is 5.61. The van der Waals surface area contributed by atoms with Crippen molar-refractivity contribution in [1.29, 1.82) is 0 Å². The Kier molecular flexibility index (Phi) is 6.54. The average Bonchev–Trinajstić information content (AvgIpc) is 2.59. The lowest BCUT2D eigenvalue weighted by Crippen LogP contribution is -2.26. The number of hydrogen-bond donors (Lipinski definition) is 4. The molecule has 0 bridgehead atoms. The Bertz CT molecular complexity index is 742. The van der Waals surface area contributed by atoms with Gasteiger partial charge in [-0.2, -0.15) is 0 Å². The zero-order chi connectivity index (χ0) is 18.2. The number of aliphatic hydroxyl groups is 1. The molecule has 0 aliphatic heterocycles. The molecular formula is C19H23N3O3. The number of benzene rings is 2. The molecule has 0 heterocycles. The maximum Gasteiger partial charge on any atom is 0.251 e. The third-order valence-corrected chi connectivity index (χ3v) is 3.65. The van der Waals surface area contributed by atoms with Crippen molar-refractivity contribution in [2.45, 2.75) is 13.8 Å². The predicted molar refractivity (Wildman–Crippen MR) is 98.9 cm³/mol. The van der Waals surface area contributed by atoms with E-state index in [0.717, 1.165) is 11.3 Å². The van der Waals surface area contributed by atoms with Gasteiger partial charge in [0, 0.05) is 23.5 Å². The van der Waals surface area contributed by atoms with E-state index < -0.39 is 0 Å². The van der Waals surface area contributed by atoms with Gasteiger partial charge >= 0.3 is 0 Å². The summed E-state index contributed by atoms with van der Waals surface area (Å²) in [6.07, 6.45) is 0. The molecule has 2 aromatic carbocycles. The van der Waals surface area contributed by atoms with Crippen LogP contribution in [0.15, 0.2) is 42.5 Å². The Hall–Kier alpha value is -2.86. The molecule has 0 radical (unpaired) electrons. The summed E-state index contributed by atoms with van der Waals surface area (Å²) in [5.41, 5.74) is 4.28. The summed E-state index contributed by atoms with van der Waals surface area (Å²) >= 11 is 0. The molecule has 25 heavy (non-hydrogen) atoms. The minimum absolute atomic E-state index is 0.104. The van der Waals surface area contributed by atoms with Crippen molar-refractivity contribution in [3.05, 3.63) is 59.2 Å². The van der Waals surface area contributed by atoms with E-state index in [4.69, 9.17) is 5.11 Å². The molecule has 0 aliphatic rings. The molecule has 0 spiro atoms. The highest BCUT2D eigenvalue weighted by atomic mass is 16.3. The zero-order valence-electron chi connectivity index (χ0n) is 14.4. The second-order valence-electron chi connectivity index (χ2n) is 5.78. The molecule has 2 amide bonds. The van der Waals surface area contributed by atoms with E-state index in [1.165, 1.54) is 5.56 Å². The van der Waals surface area contributed by atoms with E-state index in [2.05, 4.69) is 22.0 Å². The van der Waals surface area contributed by atoms with Gasteiger partial charge in [-0.05, 0) is 49.7 Å². The number of rotatable bonds is 7. The fraction of sp³-hybridized carbons (Fsp3) is 0.263. The van der Waals surface area contributed by atoms with Crippen molar-refractivity contribution in [3.63, 3.8) is 0 Å². The largest absolute Gasteiger partial charge is 0.395 e. The molecule has 2 aromatic rings. The standard InChI is InChI=1S/C19H23N3O3/c1-13-3-8-17(14(2)11-13)21-12-18(24)22-16-6-4-15(5-7-16)19(25)20-9-10-23/h3-8,11,21,23H,9-10,12H2,1-2H3,(H,20,25)(H,22,24). The Labute approximate surface area is 147 Å².